The van der Waals surface area contributed by atoms with Crippen molar-refractivity contribution in [3.63, 3.8) is 0 Å². The highest BCUT2D eigenvalue weighted by molar-refractivity contribution is 5.96. The van der Waals surface area contributed by atoms with E-state index in [1.165, 1.54) is 0 Å². The summed E-state index contributed by atoms with van der Waals surface area (Å²) in [7, 11) is 7.65. The summed E-state index contributed by atoms with van der Waals surface area (Å²) in [5.41, 5.74) is 1.99. The molecule has 0 aromatic heterocycles. The number of aliphatic imine (C=N–C) groups is 1. The van der Waals surface area contributed by atoms with E-state index >= 15 is 0 Å². The Morgan fingerprint density at radius 3 is 2.05 bits per heavy atom. The maximum absolute atomic E-state index is 5.17. The number of methoxy groups -OCH3 is 1. The van der Waals surface area contributed by atoms with Crippen molar-refractivity contribution >= 4 is 17.3 Å². The van der Waals surface area contributed by atoms with Gasteiger partial charge in [-0.1, -0.05) is 18.2 Å². The molecule has 0 atom stereocenters. The summed E-state index contributed by atoms with van der Waals surface area (Å²) in [6, 6.07) is 17.9. The van der Waals surface area contributed by atoms with Gasteiger partial charge in [0.25, 0.3) is 0 Å². The zero-order valence-electron chi connectivity index (χ0n) is 12.9. The lowest BCUT2D eigenvalue weighted by molar-refractivity contribution is 0.415. The predicted octanol–water partition coefficient (Wildman–Crippen LogP) is 3.38. The van der Waals surface area contributed by atoms with Crippen LogP contribution in [0.4, 0.5) is 11.4 Å². The topological polar surface area (TPSA) is 28.1 Å². The van der Waals surface area contributed by atoms with E-state index in [-0.39, 0.29) is 0 Å². The molecule has 0 aliphatic rings. The summed E-state index contributed by atoms with van der Waals surface area (Å²) in [5.74, 6) is 1.70. The zero-order chi connectivity index (χ0) is 15.2. The smallest absolute Gasteiger partial charge is 0.205 e. The largest absolute Gasteiger partial charge is 0.497 e. The molecule has 4 nitrogen and oxygen atoms in total. The van der Waals surface area contributed by atoms with E-state index in [1.807, 2.05) is 68.5 Å². The second-order valence-corrected chi connectivity index (χ2v) is 4.90. The minimum atomic E-state index is 0.830. The van der Waals surface area contributed by atoms with E-state index < -0.39 is 0 Å². The van der Waals surface area contributed by atoms with Crippen LogP contribution in [0.3, 0.4) is 0 Å². The van der Waals surface area contributed by atoms with E-state index in [0.29, 0.717) is 0 Å². The number of guanidine groups is 1. The standard InChI is InChI=1S/C17H21N3O/c1-19(2)17(20(3)15-8-6-5-7-9-15)18-14-10-12-16(21-4)13-11-14/h5-13H,1-4H3. The number of hydrogen-bond acceptors (Lipinski definition) is 2. The molecule has 0 bridgehead atoms. The molecule has 0 fully saturated rings. The summed E-state index contributed by atoms with van der Waals surface area (Å²) >= 11 is 0. The van der Waals surface area contributed by atoms with Crippen LogP contribution >= 0.6 is 0 Å². The molecule has 0 N–H and O–H groups in total. The van der Waals surface area contributed by atoms with Crippen molar-refractivity contribution in [2.45, 2.75) is 0 Å². The zero-order valence-corrected chi connectivity index (χ0v) is 12.9. The Balaban J connectivity index is 2.31. The Bertz CT molecular complexity index is 591. The Hall–Kier alpha value is -2.49. The van der Waals surface area contributed by atoms with Crippen molar-refractivity contribution in [1.29, 1.82) is 0 Å². The van der Waals surface area contributed by atoms with Gasteiger partial charge in [0.15, 0.2) is 0 Å². The minimum absolute atomic E-state index is 0.830. The molecule has 0 aliphatic heterocycles. The molecule has 0 saturated heterocycles. The molecule has 0 radical (unpaired) electrons. The molecule has 2 aromatic carbocycles. The lowest BCUT2D eigenvalue weighted by Gasteiger charge is -2.26. The molecule has 21 heavy (non-hydrogen) atoms. The Morgan fingerprint density at radius 2 is 1.52 bits per heavy atom. The highest BCUT2D eigenvalue weighted by Crippen LogP contribution is 2.20. The molecule has 110 valence electrons. The fourth-order valence-electron chi connectivity index (χ4n) is 2.01. The minimum Gasteiger partial charge on any atom is -0.497 e. The first-order chi connectivity index (χ1) is 10.1. The molecular formula is C17H21N3O. The molecule has 0 spiro atoms. The number of nitrogens with zero attached hydrogens (tertiary/aromatic N) is 3. The van der Waals surface area contributed by atoms with Gasteiger partial charge < -0.3 is 14.5 Å². The summed E-state index contributed by atoms with van der Waals surface area (Å²) in [6.07, 6.45) is 0. The van der Waals surface area contributed by atoms with Crippen LogP contribution in [-0.2, 0) is 0 Å². The van der Waals surface area contributed by atoms with Gasteiger partial charge in [-0.25, -0.2) is 4.99 Å². The Labute approximate surface area is 126 Å². The van der Waals surface area contributed by atoms with Crippen molar-refractivity contribution in [1.82, 2.24) is 4.90 Å². The number of ether oxygens (including phenoxy) is 1. The maximum atomic E-state index is 5.17. The highest BCUT2D eigenvalue weighted by Gasteiger charge is 2.11. The number of benzene rings is 2. The normalized spacial score (nSPS) is 11.1. The van der Waals surface area contributed by atoms with Gasteiger partial charge in [0.1, 0.15) is 5.75 Å². The fourth-order valence-corrected chi connectivity index (χ4v) is 2.01. The van der Waals surface area contributed by atoms with Crippen molar-refractivity contribution < 1.29 is 4.74 Å². The second-order valence-electron chi connectivity index (χ2n) is 4.90. The SMILES string of the molecule is COc1ccc(N=C(N(C)C)N(C)c2ccccc2)cc1. The summed E-state index contributed by atoms with van der Waals surface area (Å²) in [4.78, 5) is 8.78. The highest BCUT2D eigenvalue weighted by atomic mass is 16.5. The first-order valence-electron chi connectivity index (χ1n) is 6.80. The van der Waals surface area contributed by atoms with Crippen LogP contribution < -0.4 is 9.64 Å². The van der Waals surface area contributed by atoms with Crippen molar-refractivity contribution in [3.8, 4) is 5.75 Å². The van der Waals surface area contributed by atoms with Gasteiger partial charge in [0.05, 0.1) is 12.8 Å². The molecule has 0 amide bonds. The van der Waals surface area contributed by atoms with Crippen LogP contribution in [0, 0.1) is 0 Å². The van der Waals surface area contributed by atoms with Gasteiger partial charge in [-0.05, 0) is 36.4 Å². The number of anilines is 1. The average Bonchev–Trinajstić information content (AvgIpc) is 2.53. The summed E-state index contributed by atoms with van der Waals surface area (Å²) in [6.45, 7) is 0. The van der Waals surface area contributed by atoms with Crippen molar-refractivity contribution in [2.24, 2.45) is 4.99 Å². The number of para-hydroxylation sites is 1. The molecule has 0 heterocycles. The number of rotatable bonds is 3. The Kier molecular flexibility index (Phi) is 4.82. The molecule has 0 aliphatic carbocycles. The molecule has 0 saturated carbocycles. The monoisotopic (exact) mass is 283 g/mol. The van der Waals surface area contributed by atoms with Crippen molar-refractivity contribution in [2.75, 3.05) is 33.2 Å². The van der Waals surface area contributed by atoms with E-state index in [0.717, 1.165) is 23.1 Å². The third kappa shape index (κ3) is 3.75. The van der Waals surface area contributed by atoms with E-state index in [1.54, 1.807) is 7.11 Å². The van der Waals surface area contributed by atoms with Gasteiger partial charge in [0, 0.05) is 26.8 Å². The third-order valence-electron chi connectivity index (χ3n) is 3.15. The average molecular weight is 283 g/mol. The molecular weight excluding hydrogens is 262 g/mol. The first kappa shape index (κ1) is 14.9. The van der Waals surface area contributed by atoms with Crippen LogP contribution in [-0.4, -0.2) is 39.1 Å². The first-order valence-corrected chi connectivity index (χ1v) is 6.80. The maximum Gasteiger partial charge on any atom is 0.205 e. The molecule has 0 unspecified atom stereocenters. The van der Waals surface area contributed by atoms with Gasteiger partial charge >= 0.3 is 0 Å². The molecule has 2 aromatic rings. The van der Waals surface area contributed by atoms with Crippen LogP contribution in [0.15, 0.2) is 59.6 Å². The predicted molar refractivity (Wildman–Crippen MR) is 88.6 cm³/mol. The summed E-state index contributed by atoms with van der Waals surface area (Å²) in [5, 5.41) is 0. The Morgan fingerprint density at radius 1 is 0.905 bits per heavy atom. The van der Waals surface area contributed by atoms with Gasteiger partial charge in [-0.2, -0.15) is 0 Å². The van der Waals surface area contributed by atoms with E-state index in [2.05, 4.69) is 17.0 Å². The fraction of sp³-hybridized carbons (Fsp3) is 0.235. The van der Waals surface area contributed by atoms with Crippen LogP contribution in [0.25, 0.3) is 0 Å². The van der Waals surface area contributed by atoms with Crippen LogP contribution in [0.1, 0.15) is 0 Å². The second kappa shape index (κ2) is 6.79. The van der Waals surface area contributed by atoms with Gasteiger partial charge in [0.2, 0.25) is 5.96 Å². The lowest BCUT2D eigenvalue weighted by Crippen LogP contribution is -2.37. The van der Waals surface area contributed by atoms with Gasteiger partial charge in [-0.15, -0.1) is 0 Å². The number of hydrogen-bond donors (Lipinski definition) is 0. The van der Waals surface area contributed by atoms with E-state index in [9.17, 15) is 0 Å². The molecule has 4 heteroatoms. The van der Waals surface area contributed by atoms with Gasteiger partial charge in [-0.3, -0.25) is 0 Å². The molecule has 2 rings (SSSR count). The van der Waals surface area contributed by atoms with E-state index in [4.69, 9.17) is 9.73 Å². The quantitative estimate of drug-likeness (QED) is 0.638. The van der Waals surface area contributed by atoms with Crippen molar-refractivity contribution in [3.05, 3.63) is 54.6 Å². The van der Waals surface area contributed by atoms with Crippen LogP contribution in [0.5, 0.6) is 5.75 Å². The third-order valence-corrected chi connectivity index (χ3v) is 3.15. The lowest BCUT2D eigenvalue weighted by atomic mass is 10.3. The van der Waals surface area contributed by atoms with Crippen LogP contribution in [0.2, 0.25) is 0 Å². The summed E-state index contributed by atoms with van der Waals surface area (Å²) < 4.78 is 5.17.